The molecule has 0 nitrogen and oxygen atoms in total. The first kappa shape index (κ1) is 35.6. The third-order valence-electron chi connectivity index (χ3n) is 6.59. The molecule has 2 aliphatic carbocycles. The van der Waals surface area contributed by atoms with Gasteiger partial charge in [0, 0.05) is 0 Å². The summed E-state index contributed by atoms with van der Waals surface area (Å²) in [6.07, 6.45) is 12.4. The maximum atomic E-state index is 12.6. The van der Waals surface area contributed by atoms with E-state index in [0.29, 0.717) is 0 Å². The molecule has 0 bridgehead atoms. The molecule has 0 fully saturated rings. The van der Waals surface area contributed by atoms with E-state index in [1.807, 2.05) is 13.8 Å². The number of hydrogen-bond acceptors (Lipinski definition) is 0. The van der Waals surface area contributed by atoms with Crippen molar-refractivity contribution < 1.29 is 56.9 Å². The topological polar surface area (TPSA) is 0 Å². The van der Waals surface area contributed by atoms with Crippen LogP contribution in [0.3, 0.4) is 0 Å². The number of rotatable bonds is 4. The Kier molecular flexibility index (Phi) is 15.4. The summed E-state index contributed by atoms with van der Waals surface area (Å²) in [4.78, 5) is 0. The number of benzene rings is 4. The van der Waals surface area contributed by atoms with Gasteiger partial charge in [-0.1, -0.05) is 38.1 Å². The van der Waals surface area contributed by atoms with Crippen molar-refractivity contribution in [1.82, 2.24) is 0 Å². The summed E-state index contributed by atoms with van der Waals surface area (Å²) in [5.41, 5.74) is 6.37. The van der Waals surface area contributed by atoms with Crippen LogP contribution in [0.5, 0.6) is 0 Å². The normalized spacial score (nSPS) is 12.9. The van der Waals surface area contributed by atoms with Crippen LogP contribution in [-0.4, -0.2) is 5.43 Å². The van der Waals surface area contributed by atoms with E-state index in [9.17, 15) is 8.78 Å². The van der Waals surface area contributed by atoms with Crippen LogP contribution in [0.15, 0.2) is 132 Å². The van der Waals surface area contributed by atoms with Crippen LogP contribution in [0, 0.1) is 23.8 Å². The van der Waals surface area contributed by atoms with Crippen LogP contribution in [-0.2, 0) is 23.3 Å². The third kappa shape index (κ3) is 10.3. The standard InChI is InChI=1S/2C12H10F.C12H10Si.2ClH.Zr/c2*1-9-3-2-4-12(9)10-5-7-11(13)8-6-10;1-3-7-11(8-4-1)13-12-9-5-2-6-10-12;;;/h2*4-8H,2H2,1H3;1-10H;2*1H;/q2*-1;;;;+2/p-2. The first-order chi connectivity index (χ1) is 19.4. The Morgan fingerprint density at radius 2 is 0.881 bits per heavy atom. The van der Waals surface area contributed by atoms with Crippen molar-refractivity contribution in [3.63, 3.8) is 0 Å². The molecule has 0 amide bonds. The van der Waals surface area contributed by atoms with E-state index in [1.165, 1.54) is 45.8 Å². The van der Waals surface area contributed by atoms with Crippen LogP contribution >= 0.6 is 0 Å². The zero-order valence-electron chi connectivity index (χ0n) is 23.5. The Bertz CT molecular complexity index is 1440. The van der Waals surface area contributed by atoms with E-state index in [1.54, 1.807) is 47.6 Å². The Hall–Kier alpha value is -2.62. The Labute approximate surface area is 276 Å². The first-order valence-corrected chi connectivity index (χ1v) is 18.4. The summed E-state index contributed by atoms with van der Waals surface area (Å²) < 4.78 is 25.3. The van der Waals surface area contributed by atoms with Gasteiger partial charge < -0.3 is 24.8 Å². The molecule has 0 saturated carbocycles. The van der Waals surface area contributed by atoms with Crippen LogP contribution < -0.4 is 35.2 Å². The summed E-state index contributed by atoms with van der Waals surface area (Å²) in [6.45, 7) is 4.06. The molecule has 0 saturated heterocycles. The predicted octanol–water partition coefficient (Wildman–Crippen LogP) is 2.07. The summed E-state index contributed by atoms with van der Waals surface area (Å²) in [5.74, 6) is -0.374. The van der Waals surface area contributed by atoms with Gasteiger partial charge in [-0.15, -0.1) is 24.0 Å². The molecule has 6 rings (SSSR count). The third-order valence-corrected chi connectivity index (χ3v) is 12.7. The molecule has 4 aromatic carbocycles. The molecule has 42 heavy (non-hydrogen) atoms. The SMILES string of the molecule is CC1=[C-]CC=C1c1ccc(F)cc1.CC1=[C-]CC=C1c1ccc(F)cc1.[Cl-].[Cl-].[Zr+2]=[Si](c1ccccc1)c1ccccc1. The second kappa shape index (κ2) is 18.1. The molecule has 0 aromatic heterocycles. The molecular formula is C36H30Cl2F2SiZr-2. The fraction of sp³-hybridized carbons (Fsp3) is 0.111. The molecule has 0 spiro atoms. The van der Waals surface area contributed by atoms with Gasteiger partial charge in [-0.3, -0.25) is 12.2 Å². The molecule has 6 heteroatoms. The molecular weight excluding hydrogens is 661 g/mol. The van der Waals surface area contributed by atoms with Gasteiger partial charge in [-0.2, -0.15) is 23.3 Å². The molecule has 0 aliphatic heterocycles. The fourth-order valence-corrected chi connectivity index (χ4v) is 8.26. The van der Waals surface area contributed by atoms with Crippen LogP contribution in [0.25, 0.3) is 11.1 Å². The molecule has 2 aliphatic rings. The van der Waals surface area contributed by atoms with Gasteiger partial charge in [0.15, 0.2) is 0 Å². The van der Waals surface area contributed by atoms with Crippen molar-refractivity contribution in [2.24, 2.45) is 0 Å². The predicted molar refractivity (Wildman–Crippen MR) is 161 cm³/mol. The second-order valence-corrected chi connectivity index (χ2v) is 15.0. The summed E-state index contributed by atoms with van der Waals surface area (Å²) in [6, 6.07) is 34.8. The van der Waals surface area contributed by atoms with E-state index in [0.717, 1.165) is 35.1 Å². The van der Waals surface area contributed by atoms with E-state index in [-0.39, 0.29) is 36.4 Å². The quantitative estimate of drug-likeness (QED) is 0.228. The van der Waals surface area contributed by atoms with Gasteiger partial charge in [-0.05, 0) is 24.3 Å². The fourth-order valence-electron chi connectivity index (χ4n) is 4.41. The molecule has 212 valence electrons. The molecule has 0 radical (unpaired) electrons. The number of hydrogen-bond donors (Lipinski definition) is 0. The minimum atomic E-state index is -0.455. The first-order valence-electron chi connectivity index (χ1n) is 13.2. The minimum absolute atomic E-state index is 0. The Balaban J connectivity index is 0.000000215. The Morgan fingerprint density at radius 1 is 0.548 bits per heavy atom. The van der Waals surface area contributed by atoms with Crippen molar-refractivity contribution in [3.05, 3.63) is 167 Å². The zero-order valence-corrected chi connectivity index (χ0v) is 28.4. The van der Waals surface area contributed by atoms with E-state index in [2.05, 4.69) is 85.0 Å². The molecule has 0 atom stereocenters. The van der Waals surface area contributed by atoms with Gasteiger partial charge in [0.25, 0.3) is 0 Å². The summed E-state index contributed by atoms with van der Waals surface area (Å²) >= 11 is 1.64. The van der Waals surface area contributed by atoms with Crippen molar-refractivity contribution in [2.45, 2.75) is 26.7 Å². The molecule has 4 aromatic rings. The molecule has 0 unspecified atom stereocenters. The second-order valence-electron chi connectivity index (χ2n) is 9.37. The summed E-state index contributed by atoms with van der Waals surface area (Å²) in [5, 5.41) is 3.03. The van der Waals surface area contributed by atoms with Crippen LogP contribution in [0.2, 0.25) is 0 Å². The van der Waals surface area contributed by atoms with E-state index < -0.39 is 5.43 Å². The van der Waals surface area contributed by atoms with Crippen molar-refractivity contribution >= 4 is 27.0 Å². The number of allylic oxidation sites excluding steroid dienone is 8. The van der Waals surface area contributed by atoms with Gasteiger partial charge in [-0.25, -0.2) is 19.9 Å². The van der Waals surface area contributed by atoms with Crippen LogP contribution in [0.1, 0.15) is 37.8 Å². The van der Waals surface area contributed by atoms with Crippen LogP contribution in [0.4, 0.5) is 8.78 Å². The van der Waals surface area contributed by atoms with Crippen molar-refractivity contribution in [3.8, 4) is 0 Å². The molecule has 0 heterocycles. The van der Waals surface area contributed by atoms with E-state index >= 15 is 0 Å². The maximum absolute atomic E-state index is 12.6. The average Bonchev–Trinajstić information content (AvgIpc) is 3.63. The Morgan fingerprint density at radius 3 is 1.17 bits per heavy atom. The van der Waals surface area contributed by atoms with Gasteiger partial charge >= 0.3 is 99.8 Å². The van der Waals surface area contributed by atoms with Gasteiger partial charge in [0.2, 0.25) is 0 Å². The van der Waals surface area contributed by atoms with Crippen molar-refractivity contribution in [2.75, 3.05) is 0 Å². The monoisotopic (exact) mass is 688 g/mol. The molecule has 0 N–H and O–H groups in total. The average molecular weight is 691 g/mol. The van der Waals surface area contributed by atoms with Gasteiger partial charge in [0.05, 0.1) is 0 Å². The number of halogens is 4. The summed E-state index contributed by atoms with van der Waals surface area (Å²) in [7, 11) is 0. The van der Waals surface area contributed by atoms with E-state index in [4.69, 9.17) is 0 Å². The van der Waals surface area contributed by atoms with Crippen molar-refractivity contribution in [1.29, 1.82) is 0 Å². The van der Waals surface area contributed by atoms with Gasteiger partial charge in [0.1, 0.15) is 11.6 Å². The zero-order chi connectivity index (χ0) is 28.3.